The highest BCUT2D eigenvalue weighted by molar-refractivity contribution is 7.71. The number of aliphatic imine (C=N–C) groups is 1. The third-order valence-electron chi connectivity index (χ3n) is 7.47. The lowest BCUT2D eigenvalue weighted by Gasteiger charge is -2.50. The maximum Gasteiger partial charge on any atom is 0.332 e. The van der Waals surface area contributed by atoms with E-state index in [1.54, 1.807) is 12.1 Å². The number of hydrogen-bond acceptors (Lipinski definition) is 8. The number of hydrogen-bond donors (Lipinski definition) is 2. The molecule has 192 valence electrons. The molecule has 2 saturated heterocycles. The minimum absolute atomic E-state index is 0.0639. The molecule has 4 amide bonds. The number of allylic oxidation sites excluding steroid dienone is 1. The quantitative estimate of drug-likeness (QED) is 0.272. The van der Waals surface area contributed by atoms with Crippen molar-refractivity contribution in [1.29, 1.82) is 0 Å². The van der Waals surface area contributed by atoms with Gasteiger partial charge in [-0.2, -0.15) is 0 Å². The lowest BCUT2D eigenvalue weighted by Crippen LogP contribution is -2.70. The molecule has 12 heteroatoms. The number of H-pyrrole nitrogens is 1. The fraction of sp³-hybridized carbons (Fsp3) is 0.360. The van der Waals surface area contributed by atoms with E-state index in [-0.39, 0.29) is 35.2 Å². The SMILES string of the molecule is C=CCn1c(O)c(C=Nc2ccc3c(c2)CC2(C(=O)N(C)C(=O)N(C)C2=O)[C@@H]2CCCN32)c(=O)[nH]c1=S. The smallest absolute Gasteiger partial charge is 0.332 e. The summed E-state index contributed by atoms with van der Waals surface area (Å²) in [7, 11) is 2.81. The second-order valence-corrected chi connectivity index (χ2v) is 9.86. The number of anilines is 1. The van der Waals surface area contributed by atoms with E-state index in [4.69, 9.17) is 12.2 Å². The van der Waals surface area contributed by atoms with Crippen molar-refractivity contribution in [2.24, 2.45) is 10.4 Å². The summed E-state index contributed by atoms with van der Waals surface area (Å²) in [5.74, 6) is -1.32. The summed E-state index contributed by atoms with van der Waals surface area (Å²) in [5.41, 5.74) is 0.0627. The van der Waals surface area contributed by atoms with Gasteiger partial charge in [-0.15, -0.1) is 6.58 Å². The molecule has 3 aliphatic rings. The van der Waals surface area contributed by atoms with E-state index < -0.39 is 28.8 Å². The summed E-state index contributed by atoms with van der Waals surface area (Å²) < 4.78 is 1.39. The monoisotopic (exact) mass is 522 g/mol. The van der Waals surface area contributed by atoms with Gasteiger partial charge in [-0.1, -0.05) is 6.08 Å². The molecule has 0 bridgehead atoms. The highest BCUT2D eigenvalue weighted by Crippen LogP contribution is 2.49. The summed E-state index contributed by atoms with van der Waals surface area (Å²) in [6, 6.07) is 4.44. The van der Waals surface area contributed by atoms with Crippen LogP contribution in [0.25, 0.3) is 0 Å². The summed E-state index contributed by atoms with van der Waals surface area (Å²) >= 11 is 5.10. The molecule has 2 fully saturated rings. The molecule has 4 heterocycles. The van der Waals surface area contributed by atoms with E-state index in [0.29, 0.717) is 18.7 Å². The average molecular weight is 523 g/mol. The molecule has 1 atom stereocenters. The zero-order valence-corrected chi connectivity index (χ0v) is 21.2. The second kappa shape index (κ2) is 8.80. The number of aromatic hydroxyl groups is 1. The van der Waals surface area contributed by atoms with Crippen LogP contribution < -0.4 is 10.5 Å². The van der Waals surface area contributed by atoms with E-state index in [0.717, 1.165) is 27.5 Å². The Balaban J connectivity index is 1.57. The molecule has 5 rings (SSSR count). The fourth-order valence-corrected chi connectivity index (χ4v) is 5.97. The van der Waals surface area contributed by atoms with Crippen molar-refractivity contribution < 1.29 is 19.5 Å². The van der Waals surface area contributed by atoms with E-state index in [1.807, 2.05) is 6.07 Å². The van der Waals surface area contributed by atoms with Gasteiger partial charge >= 0.3 is 6.03 Å². The lowest BCUT2D eigenvalue weighted by atomic mass is 9.68. The summed E-state index contributed by atoms with van der Waals surface area (Å²) in [4.78, 5) is 63.0. The van der Waals surface area contributed by atoms with E-state index in [1.165, 1.54) is 31.0 Å². The number of amides is 4. The highest BCUT2D eigenvalue weighted by Gasteiger charge is 2.63. The maximum atomic E-state index is 13.5. The first-order valence-electron chi connectivity index (χ1n) is 11.8. The first-order chi connectivity index (χ1) is 17.6. The highest BCUT2D eigenvalue weighted by atomic mass is 32.1. The zero-order valence-electron chi connectivity index (χ0n) is 20.4. The van der Waals surface area contributed by atoms with Crippen LogP contribution in [0.1, 0.15) is 24.0 Å². The van der Waals surface area contributed by atoms with Gasteiger partial charge in [0.2, 0.25) is 17.7 Å². The van der Waals surface area contributed by atoms with Gasteiger partial charge in [-0.3, -0.25) is 38.7 Å². The fourth-order valence-electron chi connectivity index (χ4n) is 5.71. The van der Waals surface area contributed by atoms with E-state index >= 15 is 0 Å². The topological polar surface area (TPSA) is 131 Å². The Labute approximate surface area is 217 Å². The van der Waals surface area contributed by atoms with Gasteiger partial charge in [0.1, 0.15) is 5.56 Å². The Hall–Kier alpha value is -4.06. The normalized spacial score (nSPS) is 20.6. The molecule has 2 aromatic rings. The van der Waals surface area contributed by atoms with Crippen molar-refractivity contribution in [3.8, 4) is 5.88 Å². The molecule has 0 saturated carbocycles. The number of aromatic amines is 1. The van der Waals surface area contributed by atoms with Crippen molar-refractivity contribution in [1.82, 2.24) is 19.4 Å². The minimum Gasteiger partial charge on any atom is -0.494 e. The molecule has 11 nitrogen and oxygen atoms in total. The van der Waals surface area contributed by atoms with Crippen LogP contribution in [-0.2, 0) is 22.6 Å². The summed E-state index contributed by atoms with van der Waals surface area (Å²) in [5, 5.41) is 10.6. The van der Waals surface area contributed by atoms with Gasteiger partial charge in [0.25, 0.3) is 5.56 Å². The number of carbonyl (C=O) groups is 3. The molecular weight excluding hydrogens is 496 g/mol. The number of barbiturate groups is 1. The van der Waals surface area contributed by atoms with Crippen LogP contribution in [0.5, 0.6) is 5.88 Å². The van der Waals surface area contributed by atoms with Crippen LogP contribution in [0.2, 0.25) is 0 Å². The van der Waals surface area contributed by atoms with Gasteiger partial charge in [0, 0.05) is 39.1 Å². The van der Waals surface area contributed by atoms with Crippen LogP contribution in [0.15, 0.2) is 40.6 Å². The van der Waals surface area contributed by atoms with Crippen molar-refractivity contribution in [3.63, 3.8) is 0 Å². The molecule has 1 spiro atoms. The Morgan fingerprint density at radius 2 is 1.92 bits per heavy atom. The third kappa shape index (κ3) is 3.54. The average Bonchev–Trinajstić information content (AvgIpc) is 3.38. The first kappa shape index (κ1) is 24.6. The number of imide groups is 2. The molecule has 0 radical (unpaired) electrons. The second-order valence-electron chi connectivity index (χ2n) is 9.48. The first-order valence-corrected chi connectivity index (χ1v) is 12.2. The molecule has 0 unspecified atom stereocenters. The van der Waals surface area contributed by atoms with Gasteiger partial charge < -0.3 is 10.0 Å². The zero-order chi connectivity index (χ0) is 26.6. The summed E-state index contributed by atoms with van der Waals surface area (Å²) in [6.07, 6.45) is 4.40. The predicted octanol–water partition coefficient (Wildman–Crippen LogP) is 2.11. The Morgan fingerprint density at radius 1 is 1.22 bits per heavy atom. The number of aromatic nitrogens is 2. The molecule has 1 aromatic carbocycles. The summed E-state index contributed by atoms with van der Waals surface area (Å²) in [6.45, 7) is 4.51. The number of nitrogens with one attached hydrogen (secondary N) is 1. The Bertz CT molecular complexity index is 1480. The standard InChI is InChI=1S/C25H26N6O5S/c1-4-9-31-20(33)16(19(32)27-23(31)37)13-26-15-7-8-17-14(11-15)12-25(18-6-5-10-30(17)18)21(34)28(2)24(36)29(3)22(25)35/h4,7-8,11,13,18,33H,1,5-6,9-10,12H2,2-3H3,(H,27,32,37)/t18-/m0/s1. The van der Waals surface area contributed by atoms with Crippen LogP contribution in [0.3, 0.4) is 0 Å². The Morgan fingerprint density at radius 3 is 2.59 bits per heavy atom. The van der Waals surface area contributed by atoms with Crippen molar-refractivity contribution in [2.75, 3.05) is 25.5 Å². The van der Waals surface area contributed by atoms with Crippen LogP contribution in [0, 0.1) is 10.2 Å². The molecule has 0 aliphatic carbocycles. The van der Waals surface area contributed by atoms with Gasteiger partial charge in [-0.05, 0) is 55.2 Å². The van der Waals surface area contributed by atoms with Crippen LogP contribution in [0.4, 0.5) is 16.2 Å². The van der Waals surface area contributed by atoms with E-state index in [2.05, 4.69) is 21.5 Å². The molecule has 2 N–H and O–H groups in total. The van der Waals surface area contributed by atoms with Crippen molar-refractivity contribution in [2.45, 2.75) is 31.8 Å². The van der Waals surface area contributed by atoms with Gasteiger partial charge in [0.05, 0.1) is 11.7 Å². The van der Waals surface area contributed by atoms with E-state index in [9.17, 15) is 24.3 Å². The lowest BCUT2D eigenvalue weighted by molar-refractivity contribution is -0.159. The number of benzene rings is 1. The molecule has 1 aromatic heterocycles. The van der Waals surface area contributed by atoms with Crippen LogP contribution >= 0.6 is 12.2 Å². The minimum atomic E-state index is -1.41. The number of fused-ring (bicyclic) bond motifs is 4. The maximum absolute atomic E-state index is 13.5. The van der Waals surface area contributed by atoms with Crippen LogP contribution in [-0.4, -0.2) is 75.2 Å². The van der Waals surface area contributed by atoms with Crippen molar-refractivity contribution >= 4 is 47.7 Å². The number of rotatable bonds is 4. The number of nitrogens with zero attached hydrogens (tertiary/aromatic N) is 5. The molecule has 3 aliphatic heterocycles. The third-order valence-corrected chi connectivity index (χ3v) is 7.79. The van der Waals surface area contributed by atoms with Crippen molar-refractivity contribution in [3.05, 3.63) is 57.1 Å². The number of carbonyl (C=O) groups excluding carboxylic acids is 3. The van der Waals surface area contributed by atoms with Gasteiger partial charge in [-0.25, -0.2) is 4.79 Å². The predicted molar refractivity (Wildman–Crippen MR) is 139 cm³/mol. The Kier molecular flexibility index (Phi) is 5.86. The van der Waals surface area contributed by atoms with Gasteiger partial charge in [0.15, 0.2) is 10.2 Å². The number of urea groups is 1. The largest absolute Gasteiger partial charge is 0.494 e. The molecule has 37 heavy (non-hydrogen) atoms. The molecular formula is C25H26N6O5S.